The lowest BCUT2D eigenvalue weighted by Gasteiger charge is -2.10. The number of carbonyl (C=O) groups excluding carboxylic acids is 1. The van der Waals surface area contributed by atoms with Crippen molar-refractivity contribution in [3.8, 4) is 0 Å². The number of nitrogens with one attached hydrogen (secondary N) is 1. The van der Waals surface area contributed by atoms with Crippen molar-refractivity contribution in [3.05, 3.63) is 29.3 Å². The van der Waals surface area contributed by atoms with Crippen LogP contribution in [0.4, 0.5) is 5.69 Å². The molecule has 1 fully saturated rings. The van der Waals surface area contributed by atoms with E-state index in [4.69, 9.17) is 0 Å². The van der Waals surface area contributed by atoms with Crippen LogP contribution in [0.15, 0.2) is 18.2 Å². The molecule has 0 aromatic heterocycles. The van der Waals surface area contributed by atoms with Crippen LogP contribution in [0.5, 0.6) is 0 Å². The minimum Gasteiger partial charge on any atom is -0.326 e. The Morgan fingerprint density at radius 3 is 2.42 bits per heavy atom. The van der Waals surface area contributed by atoms with E-state index in [1.54, 1.807) is 0 Å². The average Bonchev–Trinajstić information content (AvgIpc) is 2.55. The van der Waals surface area contributed by atoms with Crippen molar-refractivity contribution in [2.24, 2.45) is 5.92 Å². The molecule has 1 atom stereocenters. The van der Waals surface area contributed by atoms with Crippen LogP contribution in [-0.4, -0.2) is 25.8 Å². The van der Waals surface area contributed by atoms with Gasteiger partial charge in [0.15, 0.2) is 9.84 Å². The number of hydrogen-bond donors (Lipinski definition) is 1. The summed E-state index contributed by atoms with van der Waals surface area (Å²) in [5.41, 5.74) is 2.97. The van der Waals surface area contributed by atoms with Gasteiger partial charge in [0, 0.05) is 12.1 Å². The molecule has 0 spiro atoms. The molecule has 0 radical (unpaired) electrons. The van der Waals surface area contributed by atoms with Crippen molar-refractivity contribution in [2.45, 2.75) is 26.7 Å². The lowest BCUT2D eigenvalue weighted by molar-refractivity contribution is -0.116. The zero-order valence-electron chi connectivity index (χ0n) is 11.3. The first kappa shape index (κ1) is 14.1. The molecule has 0 unspecified atom stereocenters. The SMILES string of the molecule is Cc1cc(C)cc(NC(=O)C[C@H]2CCS(=O)(=O)C2)c1. The van der Waals surface area contributed by atoms with Crippen molar-refractivity contribution in [1.82, 2.24) is 0 Å². The predicted octanol–water partition coefficient (Wildman–Crippen LogP) is 2.07. The van der Waals surface area contributed by atoms with Crippen LogP contribution in [0.3, 0.4) is 0 Å². The molecule has 19 heavy (non-hydrogen) atoms. The summed E-state index contributed by atoms with van der Waals surface area (Å²) >= 11 is 0. The van der Waals surface area contributed by atoms with E-state index in [2.05, 4.69) is 5.32 Å². The van der Waals surface area contributed by atoms with E-state index >= 15 is 0 Å². The molecule has 1 N–H and O–H groups in total. The summed E-state index contributed by atoms with van der Waals surface area (Å²) in [6, 6.07) is 5.87. The number of amides is 1. The minimum absolute atomic E-state index is 0.0316. The van der Waals surface area contributed by atoms with E-state index in [9.17, 15) is 13.2 Å². The highest BCUT2D eigenvalue weighted by atomic mass is 32.2. The Kier molecular flexibility index (Phi) is 3.94. The van der Waals surface area contributed by atoms with Crippen LogP contribution >= 0.6 is 0 Å². The van der Waals surface area contributed by atoms with Crippen LogP contribution in [-0.2, 0) is 14.6 Å². The first-order valence-electron chi connectivity index (χ1n) is 6.43. The fraction of sp³-hybridized carbons (Fsp3) is 0.500. The van der Waals surface area contributed by atoms with Crippen LogP contribution in [0.1, 0.15) is 24.0 Å². The molecule has 1 aliphatic rings. The van der Waals surface area contributed by atoms with E-state index in [1.165, 1.54) is 0 Å². The first-order chi connectivity index (χ1) is 8.84. The van der Waals surface area contributed by atoms with Gasteiger partial charge >= 0.3 is 0 Å². The van der Waals surface area contributed by atoms with Crippen molar-refractivity contribution in [3.63, 3.8) is 0 Å². The molecule has 5 heteroatoms. The van der Waals surface area contributed by atoms with Crippen molar-refractivity contribution < 1.29 is 13.2 Å². The summed E-state index contributed by atoms with van der Waals surface area (Å²) in [5, 5.41) is 2.84. The standard InChI is InChI=1S/C14H19NO3S/c1-10-5-11(2)7-13(6-10)15-14(16)8-12-3-4-19(17,18)9-12/h5-7,12H,3-4,8-9H2,1-2H3,(H,15,16)/t12-/m1/s1. The zero-order chi connectivity index (χ0) is 14.0. The summed E-state index contributed by atoms with van der Waals surface area (Å²) in [6.07, 6.45) is 0.884. The molecule has 1 aromatic rings. The van der Waals surface area contributed by atoms with E-state index in [0.717, 1.165) is 16.8 Å². The van der Waals surface area contributed by atoms with Gasteiger partial charge in [0.2, 0.25) is 5.91 Å². The Morgan fingerprint density at radius 2 is 1.89 bits per heavy atom. The lowest BCUT2D eigenvalue weighted by Crippen LogP contribution is -2.17. The van der Waals surface area contributed by atoms with Gasteiger partial charge in [-0.1, -0.05) is 6.07 Å². The molecular formula is C14H19NO3S. The molecule has 0 bridgehead atoms. The zero-order valence-corrected chi connectivity index (χ0v) is 12.1. The third kappa shape index (κ3) is 4.06. The second-order valence-corrected chi connectivity index (χ2v) is 7.63. The normalized spacial score (nSPS) is 21.3. The Bertz CT molecular complexity index is 572. The van der Waals surface area contributed by atoms with E-state index in [1.807, 2.05) is 32.0 Å². The Morgan fingerprint density at radius 1 is 1.26 bits per heavy atom. The summed E-state index contributed by atoms with van der Waals surface area (Å²) in [5.74, 6) is 0.227. The van der Waals surface area contributed by atoms with Crippen LogP contribution in [0.25, 0.3) is 0 Å². The van der Waals surface area contributed by atoms with Crippen molar-refractivity contribution >= 4 is 21.4 Å². The Labute approximate surface area is 114 Å². The van der Waals surface area contributed by atoms with E-state index < -0.39 is 9.84 Å². The third-order valence-electron chi connectivity index (χ3n) is 3.31. The van der Waals surface area contributed by atoms with Crippen LogP contribution in [0.2, 0.25) is 0 Å². The maximum Gasteiger partial charge on any atom is 0.224 e. The van der Waals surface area contributed by atoms with Gasteiger partial charge in [-0.3, -0.25) is 4.79 Å². The van der Waals surface area contributed by atoms with Gasteiger partial charge < -0.3 is 5.32 Å². The van der Waals surface area contributed by atoms with Crippen LogP contribution < -0.4 is 5.32 Å². The summed E-state index contributed by atoms with van der Waals surface area (Å²) in [6.45, 7) is 3.96. The fourth-order valence-electron chi connectivity index (χ4n) is 2.55. The maximum absolute atomic E-state index is 11.9. The summed E-state index contributed by atoms with van der Waals surface area (Å²) in [4.78, 5) is 11.9. The molecule has 4 nitrogen and oxygen atoms in total. The number of benzene rings is 1. The van der Waals surface area contributed by atoms with E-state index in [0.29, 0.717) is 6.42 Å². The molecule has 2 rings (SSSR count). The number of aryl methyl sites for hydroxylation is 2. The molecule has 1 aromatic carbocycles. The maximum atomic E-state index is 11.9. The highest BCUT2D eigenvalue weighted by Gasteiger charge is 2.29. The third-order valence-corrected chi connectivity index (χ3v) is 5.14. The predicted molar refractivity (Wildman–Crippen MR) is 75.9 cm³/mol. The molecule has 1 saturated heterocycles. The molecule has 104 valence electrons. The van der Waals surface area contributed by atoms with Crippen LogP contribution in [0, 0.1) is 19.8 Å². The van der Waals surface area contributed by atoms with Gasteiger partial charge in [0.25, 0.3) is 0 Å². The Balaban J connectivity index is 1.95. The molecule has 1 aliphatic heterocycles. The monoisotopic (exact) mass is 281 g/mol. The molecule has 1 amide bonds. The number of carbonyl (C=O) groups is 1. The molecule has 0 aliphatic carbocycles. The smallest absolute Gasteiger partial charge is 0.224 e. The summed E-state index contributed by atoms with van der Waals surface area (Å²) < 4.78 is 22.7. The fourth-order valence-corrected chi connectivity index (χ4v) is 4.42. The number of hydrogen-bond acceptors (Lipinski definition) is 3. The largest absolute Gasteiger partial charge is 0.326 e. The van der Waals surface area contributed by atoms with Gasteiger partial charge in [-0.2, -0.15) is 0 Å². The highest BCUT2D eigenvalue weighted by Crippen LogP contribution is 2.22. The first-order valence-corrected chi connectivity index (χ1v) is 8.25. The molecule has 0 saturated carbocycles. The average molecular weight is 281 g/mol. The van der Waals surface area contributed by atoms with Gasteiger partial charge in [-0.25, -0.2) is 8.42 Å². The number of sulfone groups is 1. The number of rotatable bonds is 3. The second-order valence-electron chi connectivity index (χ2n) is 5.40. The topological polar surface area (TPSA) is 63.2 Å². The Hall–Kier alpha value is -1.36. The van der Waals surface area contributed by atoms with E-state index in [-0.39, 0.29) is 29.8 Å². The summed E-state index contributed by atoms with van der Waals surface area (Å²) in [7, 11) is -2.91. The van der Waals surface area contributed by atoms with Gasteiger partial charge in [-0.05, 0) is 49.4 Å². The highest BCUT2D eigenvalue weighted by molar-refractivity contribution is 7.91. The van der Waals surface area contributed by atoms with Gasteiger partial charge in [0.05, 0.1) is 11.5 Å². The van der Waals surface area contributed by atoms with Crippen molar-refractivity contribution in [1.29, 1.82) is 0 Å². The molecular weight excluding hydrogens is 262 g/mol. The minimum atomic E-state index is -2.91. The lowest BCUT2D eigenvalue weighted by atomic mass is 10.0. The van der Waals surface area contributed by atoms with Gasteiger partial charge in [-0.15, -0.1) is 0 Å². The second kappa shape index (κ2) is 5.33. The molecule has 1 heterocycles. The van der Waals surface area contributed by atoms with Crippen molar-refractivity contribution in [2.75, 3.05) is 16.8 Å². The number of anilines is 1. The quantitative estimate of drug-likeness (QED) is 0.922. The van der Waals surface area contributed by atoms with Gasteiger partial charge in [0.1, 0.15) is 0 Å².